The van der Waals surface area contributed by atoms with E-state index in [1.165, 1.54) is 0 Å². The van der Waals surface area contributed by atoms with Crippen molar-refractivity contribution in [2.75, 3.05) is 6.54 Å². The molecule has 1 aromatic carbocycles. The molecule has 0 saturated carbocycles. The summed E-state index contributed by atoms with van der Waals surface area (Å²) in [6.07, 6.45) is -1.14. The van der Waals surface area contributed by atoms with Crippen LogP contribution in [-0.2, 0) is 30.6 Å². The first kappa shape index (κ1) is 25.2. The van der Waals surface area contributed by atoms with Gasteiger partial charge < -0.3 is 30.8 Å². The molecular weight excluding hydrogens is 434 g/mol. The van der Waals surface area contributed by atoms with E-state index >= 15 is 0 Å². The number of carboxylic acid groups (broad SMARTS) is 1. The minimum atomic E-state index is -1.40. The van der Waals surface area contributed by atoms with Gasteiger partial charge in [0.05, 0.1) is 12.1 Å². The van der Waals surface area contributed by atoms with Crippen LogP contribution in [0.3, 0.4) is 0 Å². The van der Waals surface area contributed by atoms with Crippen molar-refractivity contribution in [1.29, 1.82) is 0 Å². The fraction of sp³-hybridized carbons (Fsp3) is 0.429. The quantitative estimate of drug-likeness (QED) is 0.236. The number of alkyl carbamates (subject to hydrolysis) is 1. The molecule has 1 aliphatic heterocycles. The van der Waals surface area contributed by atoms with Crippen molar-refractivity contribution in [2.24, 2.45) is 11.1 Å². The fourth-order valence-electron chi connectivity index (χ4n) is 3.00. The van der Waals surface area contributed by atoms with E-state index in [-0.39, 0.29) is 18.9 Å². The van der Waals surface area contributed by atoms with Gasteiger partial charge in [-0.2, -0.15) is 4.79 Å². The summed E-state index contributed by atoms with van der Waals surface area (Å²) in [5.74, 6) is -2.92. The van der Waals surface area contributed by atoms with Crippen LogP contribution < -0.4 is 10.6 Å². The summed E-state index contributed by atoms with van der Waals surface area (Å²) < 4.78 is 5.15. The third-order valence-corrected chi connectivity index (χ3v) is 4.64. The van der Waals surface area contributed by atoms with Crippen LogP contribution in [0.1, 0.15) is 31.7 Å². The van der Waals surface area contributed by atoms with Gasteiger partial charge in [0.1, 0.15) is 12.6 Å². The number of Topliss-reactive ketones (excluding diaryl/α,β-unsaturated/α-hetero) is 1. The van der Waals surface area contributed by atoms with Crippen molar-refractivity contribution in [3.63, 3.8) is 0 Å². The molecule has 33 heavy (non-hydrogen) atoms. The van der Waals surface area contributed by atoms with Gasteiger partial charge in [0.15, 0.2) is 0 Å². The molecular formula is C21H25N5O7. The lowest BCUT2D eigenvalue weighted by atomic mass is 10.0. The molecule has 12 heteroatoms. The van der Waals surface area contributed by atoms with Crippen LogP contribution in [0.2, 0.25) is 0 Å². The number of rotatable bonds is 12. The molecule has 1 heterocycles. The van der Waals surface area contributed by atoms with Crippen molar-refractivity contribution >= 4 is 35.7 Å². The molecule has 0 saturated heterocycles. The first-order valence-corrected chi connectivity index (χ1v) is 10.2. The number of hydrogen-bond acceptors (Lipinski definition) is 7. The predicted molar refractivity (Wildman–Crippen MR) is 114 cm³/mol. The maximum absolute atomic E-state index is 12.3. The van der Waals surface area contributed by atoms with Gasteiger partial charge >= 0.3 is 18.3 Å². The molecule has 3 N–H and O–H groups in total. The Morgan fingerprint density at radius 3 is 2.73 bits per heavy atom. The normalized spacial score (nSPS) is 16.3. The van der Waals surface area contributed by atoms with Crippen molar-refractivity contribution < 1.29 is 38.6 Å². The number of carbonyl (C=O) groups excluding carboxylic acids is 3. The largest absolute Gasteiger partial charge is 0.481 e. The molecule has 0 aromatic heterocycles. The molecule has 12 nitrogen and oxygen atoms in total. The Hall–Kier alpha value is -4.05. The number of oxime groups is 1. The van der Waals surface area contributed by atoms with Crippen molar-refractivity contribution in [3.8, 4) is 0 Å². The number of amides is 2. The SMILES string of the molecule is CC(CNC(=O)OCc1ccccc1)CC1=NOC(C(=O)N[C@@H](CC(=O)O)C(=O)C=[N+]=[N-])C1. The number of benzene rings is 1. The van der Waals surface area contributed by atoms with E-state index in [0.29, 0.717) is 24.9 Å². The average molecular weight is 459 g/mol. The molecule has 1 aliphatic rings. The zero-order valence-electron chi connectivity index (χ0n) is 18.0. The Kier molecular flexibility index (Phi) is 9.72. The van der Waals surface area contributed by atoms with Crippen LogP contribution in [0.5, 0.6) is 0 Å². The van der Waals surface area contributed by atoms with E-state index in [1.807, 2.05) is 37.3 Å². The highest BCUT2D eigenvalue weighted by atomic mass is 16.6. The van der Waals surface area contributed by atoms with E-state index in [1.54, 1.807) is 0 Å². The van der Waals surface area contributed by atoms with Crippen molar-refractivity contribution in [2.45, 2.75) is 44.9 Å². The second-order valence-electron chi connectivity index (χ2n) is 7.51. The number of ketones is 1. The summed E-state index contributed by atoms with van der Waals surface area (Å²) in [7, 11) is 0. The van der Waals surface area contributed by atoms with E-state index in [2.05, 4.69) is 20.6 Å². The highest BCUT2D eigenvalue weighted by molar-refractivity contribution is 6.28. The number of nitrogens with one attached hydrogen (secondary N) is 2. The number of carbonyl (C=O) groups is 4. The molecule has 1 aromatic rings. The van der Waals surface area contributed by atoms with Crippen molar-refractivity contribution in [3.05, 3.63) is 41.4 Å². The highest BCUT2D eigenvalue weighted by Gasteiger charge is 2.33. The number of carboxylic acids is 1. The van der Waals surface area contributed by atoms with Crippen molar-refractivity contribution in [1.82, 2.24) is 10.6 Å². The second-order valence-corrected chi connectivity index (χ2v) is 7.51. The second kappa shape index (κ2) is 12.7. The lowest BCUT2D eigenvalue weighted by molar-refractivity contribution is -0.140. The lowest BCUT2D eigenvalue weighted by Crippen LogP contribution is -2.47. The van der Waals surface area contributed by atoms with Gasteiger partial charge in [0, 0.05) is 13.0 Å². The van der Waals surface area contributed by atoms with Crippen LogP contribution in [0.25, 0.3) is 5.53 Å². The number of aliphatic carboxylic acids is 1. The minimum Gasteiger partial charge on any atom is -0.481 e. The van der Waals surface area contributed by atoms with E-state index in [4.69, 9.17) is 20.2 Å². The zero-order chi connectivity index (χ0) is 24.2. The Morgan fingerprint density at radius 1 is 1.33 bits per heavy atom. The maximum Gasteiger partial charge on any atom is 0.407 e. The average Bonchev–Trinajstić information content (AvgIpc) is 3.25. The summed E-state index contributed by atoms with van der Waals surface area (Å²) in [6.45, 7) is 2.36. The summed E-state index contributed by atoms with van der Waals surface area (Å²) in [5, 5.41) is 17.7. The third-order valence-electron chi connectivity index (χ3n) is 4.64. The monoisotopic (exact) mass is 459 g/mol. The van der Waals surface area contributed by atoms with Gasteiger partial charge in [0.25, 0.3) is 11.7 Å². The lowest BCUT2D eigenvalue weighted by Gasteiger charge is -2.15. The van der Waals surface area contributed by atoms with Crippen LogP contribution in [-0.4, -0.2) is 64.3 Å². The predicted octanol–water partition coefficient (Wildman–Crippen LogP) is 0.913. The summed E-state index contributed by atoms with van der Waals surface area (Å²) in [4.78, 5) is 54.6. The van der Waals surface area contributed by atoms with Crippen LogP contribution in [0.15, 0.2) is 35.5 Å². The first-order chi connectivity index (χ1) is 15.8. The molecule has 2 unspecified atom stereocenters. The zero-order valence-corrected chi connectivity index (χ0v) is 18.0. The first-order valence-electron chi connectivity index (χ1n) is 10.2. The standard InChI is InChI=1S/C21H25N5O7/c1-13(10-23-21(31)32-12-14-5-3-2-4-6-14)7-15-8-18(33-26-15)20(30)25-16(9-19(28)29)17(27)11-24-22/h2-6,11,13,16,18H,7-10,12H2,1H3,(H,23,31)(H,25,30)(H,28,29)/t13?,16-,18?/m0/s1. The Labute approximate surface area is 189 Å². The Morgan fingerprint density at radius 2 is 2.06 bits per heavy atom. The molecule has 176 valence electrons. The molecule has 2 rings (SSSR count). The van der Waals surface area contributed by atoms with E-state index < -0.39 is 42.3 Å². The molecule has 0 bridgehead atoms. The fourth-order valence-corrected chi connectivity index (χ4v) is 3.00. The van der Waals surface area contributed by atoms with Gasteiger partial charge in [-0.15, -0.1) is 0 Å². The number of ether oxygens (including phenoxy) is 1. The topological polar surface area (TPSA) is 180 Å². The molecule has 3 atom stereocenters. The van der Waals surface area contributed by atoms with Crippen LogP contribution >= 0.6 is 0 Å². The molecule has 0 radical (unpaired) electrons. The summed E-state index contributed by atoms with van der Waals surface area (Å²) in [5.41, 5.74) is 9.91. The van der Waals surface area contributed by atoms with Gasteiger partial charge in [-0.3, -0.25) is 14.4 Å². The third kappa shape index (κ3) is 8.91. The highest BCUT2D eigenvalue weighted by Crippen LogP contribution is 2.17. The van der Waals surface area contributed by atoms with Gasteiger partial charge in [0.2, 0.25) is 6.10 Å². The smallest absolute Gasteiger partial charge is 0.407 e. The van der Waals surface area contributed by atoms with Gasteiger partial charge in [-0.25, -0.2) is 4.79 Å². The van der Waals surface area contributed by atoms with Gasteiger partial charge in [-0.05, 0) is 17.9 Å². The molecule has 0 spiro atoms. The summed E-state index contributed by atoms with van der Waals surface area (Å²) >= 11 is 0. The Balaban J connectivity index is 1.73. The van der Waals surface area contributed by atoms with Crippen LogP contribution in [0, 0.1) is 5.92 Å². The van der Waals surface area contributed by atoms with Gasteiger partial charge in [-0.1, -0.05) is 42.4 Å². The molecule has 2 amide bonds. The van der Waals surface area contributed by atoms with E-state index in [9.17, 15) is 19.2 Å². The van der Waals surface area contributed by atoms with Crippen LogP contribution in [0.4, 0.5) is 4.79 Å². The molecule has 0 aliphatic carbocycles. The molecule has 0 fully saturated rings. The number of hydrogen-bond donors (Lipinski definition) is 3. The minimum absolute atomic E-state index is 0.0273. The maximum atomic E-state index is 12.3. The Bertz CT molecular complexity index is 944. The van der Waals surface area contributed by atoms with E-state index in [0.717, 1.165) is 5.56 Å². The summed E-state index contributed by atoms with van der Waals surface area (Å²) in [6, 6.07) is 7.87. The number of nitrogens with zero attached hydrogens (tertiary/aromatic N) is 3.